The van der Waals surface area contributed by atoms with E-state index < -0.39 is 18.5 Å². The van der Waals surface area contributed by atoms with Crippen molar-refractivity contribution in [2.45, 2.75) is 51.9 Å². The van der Waals surface area contributed by atoms with Crippen LogP contribution in [0.25, 0.3) is 0 Å². The second kappa shape index (κ2) is 40.4. The van der Waals surface area contributed by atoms with Crippen molar-refractivity contribution in [2.24, 2.45) is 0 Å². The van der Waals surface area contributed by atoms with Gasteiger partial charge in [0.05, 0.1) is 119 Å². The first-order valence-electron chi connectivity index (χ1n) is 17.5. The van der Waals surface area contributed by atoms with Crippen molar-refractivity contribution in [3.8, 4) is 0 Å². The normalized spacial score (nSPS) is 11.2. The number of carbonyl (C=O) groups excluding carboxylic acids is 2. The molecule has 0 saturated heterocycles. The molecule has 0 aromatic rings. The Morgan fingerprint density at radius 2 is 0.816 bits per heavy atom. The summed E-state index contributed by atoms with van der Waals surface area (Å²) in [6, 6.07) is 0. The van der Waals surface area contributed by atoms with Gasteiger partial charge in [0.15, 0.2) is 0 Å². The minimum absolute atomic E-state index is 0.153. The summed E-state index contributed by atoms with van der Waals surface area (Å²) in [4.78, 5) is 33.3. The largest absolute Gasteiger partial charge is 0.480 e. The second-order valence-electron chi connectivity index (χ2n) is 10.5. The third kappa shape index (κ3) is 42.1. The van der Waals surface area contributed by atoms with Gasteiger partial charge in [0.25, 0.3) is 0 Å². The van der Waals surface area contributed by atoms with Gasteiger partial charge in [-0.2, -0.15) is 0 Å². The van der Waals surface area contributed by atoms with Gasteiger partial charge >= 0.3 is 11.9 Å². The molecule has 0 radical (unpaired) electrons. The van der Waals surface area contributed by atoms with E-state index >= 15 is 0 Å². The summed E-state index contributed by atoms with van der Waals surface area (Å²) < 4.78 is 58.7. The second-order valence-corrected chi connectivity index (χ2v) is 10.5. The van der Waals surface area contributed by atoms with Crippen LogP contribution in [-0.4, -0.2) is 168 Å². The topological polar surface area (TPSA) is 185 Å². The minimum atomic E-state index is -1.13. The summed E-state index contributed by atoms with van der Waals surface area (Å²) in [7, 11) is 0. The summed E-state index contributed by atoms with van der Waals surface area (Å²) in [6.07, 6.45) is 7.37. The smallest absolute Gasteiger partial charge is 0.329 e. The van der Waals surface area contributed by atoms with Crippen LogP contribution < -0.4 is 5.32 Å². The van der Waals surface area contributed by atoms with Crippen molar-refractivity contribution in [3.63, 3.8) is 0 Å². The summed E-state index contributed by atoms with van der Waals surface area (Å²) >= 11 is 0. The highest BCUT2D eigenvalue weighted by molar-refractivity contribution is 5.77. The average Bonchev–Trinajstić information content (AvgIpc) is 3.08. The van der Waals surface area contributed by atoms with Crippen LogP contribution in [0.3, 0.4) is 0 Å². The fourth-order valence-electron chi connectivity index (χ4n) is 3.74. The number of unbranched alkanes of at least 4 members (excludes halogenated alkanes) is 5. The molecule has 0 aromatic carbocycles. The molecule has 0 saturated carbocycles. The van der Waals surface area contributed by atoms with Crippen LogP contribution >= 0.6 is 0 Å². The number of carbonyl (C=O) groups is 3. The number of amides is 1. The van der Waals surface area contributed by atoms with Crippen molar-refractivity contribution in [1.82, 2.24) is 5.32 Å². The zero-order chi connectivity index (χ0) is 35.7. The molecule has 0 aliphatic rings. The van der Waals surface area contributed by atoms with E-state index in [0.29, 0.717) is 132 Å². The number of nitrogens with one attached hydrogen (secondary N) is 1. The molecule has 0 atom stereocenters. The first-order valence-corrected chi connectivity index (χ1v) is 17.5. The van der Waals surface area contributed by atoms with Crippen LogP contribution in [0.5, 0.6) is 0 Å². The molecule has 0 aromatic heterocycles. The maximum atomic E-state index is 11.7. The first-order chi connectivity index (χ1) is 24.1. The standard InChI is InChI=1S/C33H63NO15/c1-2-3-4-5-6-7-8-33(38)49-28-27-47-26-25-46-24-23-45-22-21-44-20-19-43-18-17-42-16-15-41-14-13-40-12-11-39-10-9-34-31(35)29-48-30-32(36)37/h2-30H2,1H3,(H,34,35)(H,36,37). The fraction of sp³-hybridized carbons (Fsp3) is 0.909. The number of hydrogen-bond acceptors (Lipinski definition) is 14. The highest BCUT2D eigenvalue weighted by Gasteiger charge is 2.04. The molecule has 16 heteroatoms. The van der Waals surface area contributed by atoms with Gasteiger partial charge < -0.3 is 62.5 Å². The molecule has 0 spiro atoms. The summed E-state index contributed by atoms with van der Waals surface area (Å²) in [5, 5.41) is 11.0. The lowest BCUT2D eigenvalue weighted by Gasteiger charge is -2.09. The summed E-state index contributed by atoms with van der Waals surface area (Å²) in [5.74, 6) is -1.68. The van der Waals surface area contributed by atoms with Gasteiger partial charge in [-0.3, -0.25) is 9.59 Å². The molecular weight excluding hydrogens is 650 g/mol. The Bertz CT molecular complexity index is 732. The number of esters is 1. The zero-order valence-corrected chi connectivity index (χ0v) is 29.7. The van der Waals surface area contributed by atoms with Crippen molar-refractivity contribution < 1.29 is 71.6 Å². The lowest BCUT2D eigenvalue weighted by atomic mass is 10.1. The van der Waals surface area contributed by atoms with Gasteiger partial charge in [-0.25, -0.2) is 4.79 Å². The minimum Gasteiger partial charge on any atom is -0.480 e. The molecule has 0 heterocycles. The van der Waals surface area contributed by atoms with E-state index in [1.165, 1.54) is 25.7 Å². The zero-order valence-electron chi connectivity index (χ0n) is 29.7. The number of rotatable bonds is 41. The highest BCUT2D eigenvalue weighted by atomic mass is 16.6. The summed E-state index contributed by atoms with van der Waals surface area (Å²) in [5.41, 5.74) is 0. The number of hydrogen-bond donors (Lipinski definition) is 2. The summed E-state index contributed by atoms with van der Waals surface area (Å²) in [6.45, 7) is 9.87. The van der Waals surface area contributed by atoms with E-state index in [2.05, 4.69) is 17.0 Å². The van der Waals surface area contributed by atoms with E-state index in [1.807, 2.05) is 0 Å². The maximum absolute atomic E-state index is 11.7. The van der Waals surface area contributed by atoms with E-state index in [0.717, 1.165) is 12.8 Å². The molecule has 2 N–H and O–H groups in total. The Morgan fingerprint density at radius 3 is 1.22 bits per heavy atom. The van der Waals surface area contributed by atoms with Gasteiger partial charge in [-0.15, -0.1) is 0 Å². The van der Waals surface area contributed by atoms with E-state index in [1.54, 1.807) is 0 Å². The molecule has 16 nitrogen and oxygen atoms in total. The van der Waals surface area contributed by atoms with Crippen molar-refractivity contribution in [2.75, 3.05) is 145 Å². The highest BCUT2D eigenvalue weighted by Crippen LogP contribution is 2.07. The molecule has 0 rings (SSSR count). The van der Waals surface area contributed by atoms with Crippen molar-refractivity contribution in [1.29, 1.82) is 0 Å². The fourth-order valence-corrected chi connectivity index (χ4v) is 3.74. The number of carboxylic acids is 1. The molecule has 0 bridgehead atoms. The Labute approximate surface area is 291 Å². The first kappa shape index (κ1) is 47.0. The van der Waals surface area contributed by atoms with Gasteiger partial charge in [0, 0.05) is 13.0 Å². The predicted octanol–water partition coefficient (Wildman–Crippen LogP) is 1.65. The predicted molar refractivity (Wildman–Crippen MR) is 178 cm³/mol. The lowest BCUT2D eigenvalue weighted by molar-refractivity contribution is -0.146. The van der Waals surface area contributed by atoms with Crippen LogP contribution in [0, 0.1) is 0 Å². The monoisotopic (exact) mass is 713 g/mol. The van der Waals surface area contributed by atoms with Gasteiger partial charge in [-0.05, 0) is 6.42 Å². The Balaban J connectivity index is 3.13. The molecule has 0 fully saturated rings. The third-order valence-electron chi connectivity index (χ3n) is 6.23. The molecule has 49 heavy (non-hydrogen) atoms. The molecule has 290 valence electrons. The lowest BCUT2D eigenvalue weighted by Crippen LogP contribution is -2.31. The van der Waals surface area contributed by atoms with Crippen LogP contribution in [0.1, 0.15) is 51.9 Å². The van der Waals surface area contributed by atoms with Crippen molar-refractivity contribution >= 4 is 17.8 Å². The Hall–Kier alpha value is -1.99. The molecule has 0 unspecified atom stereocenters. The van der Waals surface area contributed by atoms with Crippen LogP contribution in [0.2, 0.25) is 0 Å². The Morgan fingerprint density at radius 1 is 0.449 bits per heavy atom. The number of carboxylic acid groups (broad SMARTS) is 1. The van der Waals surface area contributed by atoms with E-state index in [4.69, 9.17) is 52.5 Å². The van der Waals surface area contributed by atoms with Crippen molar-refractivity contribution in [3.05, 3.63) is 0 Å². The third-order valence-corrected chi connectivity index (χ3v) is 6.23. The number of aliphatic carboxylic acids is 1. The molecular formula is C33H63NO15. The van der Waals surface area contributed by atoms with Gasteiger partial charge in [-0.1, -0.05) is 39.0 Å². The van der Waals surface area contributed by atoms with Crippen LogP contribution in [0.4, 0.5) is 0 Å². The van der Waals surface area contributed by atoms with Gasteiger partial charge in [0.2, 0.25) is 5.91 Å². The van der Waals surface area contributed by atoms with E-state index in [-0.39, 0.29) is 19.2 Å². The molecule has 0 aliphatic heterocycles. The van der Waals surface area contributed by atoms with Gasteiger partial charge in [0.1, 0.15) is 19.8 Å². The maximum Gasteiger partial charge on any atom is 0.329 e. The average molecular weight is 714 g/mol. The molecule has 0 aliphatic carbocycles. The SMILES string of the molecule is CCCCCCCCC(=O)OCCOCCOCCOCCOCCOCCOCCOCCOCCOCCNC(=O)COCC(=O)O. The van der Waals surface area contributed by atoms with E-state index in [9.17, 15) is 14.4 Å². The van der Waals surface area contributed by atoms with Crippen LogP contribution in [-0.2, 0) is 66.5 Å². The molecule has 1 amide bonds. The number of ether oxygens (including phenoxy) is 11. The Kier molecular flexibility index (Phi) is 38.8. The van der Waals surface area contributed by atoms with Crippen LogP contribution in [0.15, 0.2) is 0 Å². The quantitative estimate of drug-likeness (QED) is 0.0688.